The summed E-state index contributed by atoms with van der Waals surface area (Å²) in [5.74, 6) is 0.581. The van der Waals surface area contributed by atoms with Gasteiger partial charge in [0.15, 0.2) is 0 Å². The lowest BCUT2D eigenvalue weighted by atomic mass is 9.97. The van der Waals surface area contributed by atoms with Gasteiger partial charge in [-0.15, -0.1) is 0 Å². The Hall–Kier alpha value is -2.99. The van der Waals surface area contributed by atoms with Crippen molar-refractivity contribution < 1.29 is 9.53 Å². The Morgan fingerprint density at radius 1 is 1.07 bits per heavy atom. The molecule has 1 atom stereocenters. The van der Waals surface area contributed by atoms with Gasteiger partial charge in [0.2, 0.25) is 0 Å². The van der Waals surface area contributed by atoms with Gasteiger partial charge in [0.05, 0.1) is 18.9 Å². The van der Waals surface area contributed by atoms with Crippen LogP contribution in [0.1, 0.15) is 33.9 Å². The first-order valence-corrected chi connectivity index (χ1v) is 9.66. The number of benzene rings is 2. The van der Waals surface area contributed by atoms with E-state index in [4.69, 9.17) is 9.84 Å². The minimum atomic E-state index is -0.240. The Bertz CT molecular complexity index is 1020. The van der Waals surface area contributed by atoms with Crippen LogP contribution in [0.5, 0.6) is 5.75 Å². The summed E-state index contributed by atoms with van der Waals surface area (Å²) in [6.45, 7) is 0. The first kappa shape index (κ1) is 18.4. The van der Waals surface area contributed by atoms with Crippen molar-refractivity contribution in [1.82, 2.24) is 9.99 Å². The van der Waals surface area contributed by atoms with Crippen LogP contribution in [0.2, 0.25) is 0 Å². The van der Waals surface area contributed by atoms with Crippen LogP contribution >= 0.6 is 15.9 Å². The molecule has 4 rings (SSSR count). The van der Waals surface area contributed by atoms with E-state index in [1.807, 2.05) is 48.5 Å². The Morgan fingerprint density at radius 3 is 2.50 bits per heavy atom. The number of pyridine rings is 1. The molecule has 2 aromatic carbocycles. The summed E-state index contributed by atoms with van der Waals surface area (Å²) in [6, 6.07) is 18.9. The van der Waals surface area contributed by atoms with Crippen LogP contribution in [0.4, 0.5) is 0 Å². The van der Waals surface area contributed by atoms with E-state index in [0.717, 1.165) is 27.1 Å². The lowest BCUT2D eigenvalue weighted by Crippen LogP contribution is -2.27. The molecule has 28 heavy (non-hydrogen) atoms. The molecule has 0 bridgehead atoms. The summed E-state index contributed by atoms with van der Waals surface area (Å²) < 4.78 is 6.54. The van der Waals surface area contributed by atoms with Crippen molar-refractivity contribution >= 4 is 27.5 Å². The Morgan fingerprint density at radius 2 is 1.79 bits per heavy atom. The van der Waals surface area contributed by atoms with Crippen molar-refractivity contribution in [2.75, 3.05) is 7.11 Å². The predicted octanol–water partition coefficient (Wildman–Crippen LogP) is 4.84. The molecular weight excluding hydrogens is 418 g/mol. The number of carbonyl (C=O) groups is 1. The number of rotatable bonds is 4. The average molecular weight is 436 g/mol. The van der Waals surface area contributed by atoms with E-state index in [2.05, 4.69) is 20.9 Å². The maximum Gasteiger partial charge on any atom is 0.274 e. The van der Waals surface area contributed by atoms with Crippen LogP contribution in [-0.2, 0) is 0 Å². The lowest BCUT2D eigenvalue weighted by Gasteiger charge is -2.23. The fourth-order valence-corrected chi connectivity index (χ4v) is 3.59. The third-order valence-electron chi connectivity index (χ3n) is 4.72. The number of nitrogens with zero attached hydrogens (tertiary/aromatic N) is 3. The van der Waals surface area contributed by atoms with E-state index < -0.39 is 0 Å². The van der Waals surface area contributed by atoms with E-state index in [9.17, 15) is 4.79 Å². The topological polar surface area (TPSA) is 54.8 Å². The van der Waals surface area contributed by atoms with Gasteiger partial charge in [-0.1, -0.05) is 46.3 Å². The third-order valence-corrected chi connectivity index (χ3v) is 5.25. The number of methoxy groups -OCH3 is 1. The molecule has 5 nitrogen and oxygen atoms in total. The minimum absolute atomic E-state index is 0.162. The quantitative estimate of drug-likeness (QED) is 0.588. The maximum absolute atomic E-state index is 13.2. The van der Waals surface area contributed by atoms with Crippen LogP contribution in [0, 0.1) is 0 Å². The molecule has 140 valence electrons. The van der Waals surface area contributed by atoms with Gasteiger partial charge in [0.25, 0.3) is 5.91 Å². The molecule has 0 fully saturated rings. The lowest BCUT2D eigenvalue weighted by molar-refractivity contribution is 0.0709. The molecule has 0 radical (unpaired) electrons. The normalized spacial score (nSPS) is 16.0. The van der Waals surface area contributed by atoms with Gasteiger partial charge in [-0.25, -0.2) is 5.01 Å². The number of ether oxygens (including phenoxy) is 1. The Balaban J connectivity index is 1.76. The fourth-order valence-electron chi connectivity index (χ4n) is 3.33. The number of halogens is 1. The van der Waals surface area contributed by atoms with E-state index in [1.54, 1.807) is 36.6 Å². The molecule has 1 aromatic heterocycles. The van der Waals surface area contributed by atoms with Crippen LogP contribution in [0.3, 0.4) is 0 Å². The molecule has 1 amide bonds. The molecule has 3 aromatic rings. The summed E-state index contributed by atoms with van der Waals surface area (Å²) in [6.07, 6.45) is 3.83. The van der Waals surface area contributed by atoms with Gasteiger partial charge in [-0.2, -0.15) is 5.10 Å². The maximum atomic E-state index is 13.2. The van der Waals surface area contributed by atoms with Crippen molar-refractivity contribution in [1.29, 1.82) is 0 Å². The van der Waals surface area contributed by atoms with Gasteiger partial charge in [0, 0.05) is 34.4 Å². The molecule has 0 N–H and O–H groups in total. The van der Waals surface area contributed by atoms with Crippen molar-refractivity contribution in [2.45, 2.75) is 12.5 Å². The summed E-state index contributed by atoms with van der Waals surface area (Å²) in [4.78, 5) is 17.2. The molecule has 0 unspecified atom stereocenters. The number of hydrogen-bond acceptors (Lipinski definition) is 4. The highest BCUT2D eigenvalue weighted by atomic mass is 79.9. The standard InChI is InChI=1S/C22H18BrN3O2/c1-28-21-5-3-2-4-18(21)20-14-19(15-6-8-17(23)9-7-15)25-26(20)22(27)16-10-12-24-13-11-16/h2-13,20H,14H2,1H3/t20-/m0/s1. The van der Waals surface area contributed by atoms with E-state index in [-0.39, 0.29) is 11.9 Å². The average Bonchev–Trinajstić information content (AvgIpc) is 3.19. The highest BCUT2D eigenvalue weighted by Crippen LogP contribution is 2.38. The second kappa shape index (κ2) is 7.94. The summed E-state index contributed by atoms with van der Waals surface area (Å²) in [5, 5.41) is 6.27. The van der Waals surface area contributed by atoms with E-state index in [0.29, 0.717) is 12.0 Å². The third kappa shape index (κ3) is 3.55. The summed E-state index contributed by atoms with van der Waals surface area (Å²) in [5.41, 5.74) is 3.35. The number of hydrazone groups is 1. The van der Waals surface area contributed by atoms with Crippen LogP contribution in [-0.4, -0.2) is 28.7 Å². The van der Waals surface area contributed by atoms with Gasteiger partial charge in [-0.05, 0) is 35.9 Å². The zero-order chi connectivity index (χ0) is 19.5. The molecular formula is C22H18BrN3O2. The summed E-state index contributed by atoms with van der Waals surface area (Å²) >= 11 is 3.46. The van der Waals surface area contributed by atoms with Crippen molar-refractivity contribution in [3.8, 4) is 5.75 Å². The largest absolute Gasteiger partial charge is 0.496 e. The van der Waals surface area contributed by atoms with Gasteiger partial charge in [-0.3, -0.25) is 9.78 Å². The number of hydrogen-bond donors (Lipinski definition) is 0. The van der Waals surface area contributed by atoms with Crippen molar-refractivity contribution in [3.05, 3.63) is 94.2 Å². The monoisotopic (exact) mass is 435 g/mol. The zero-order valence-corrected chi connectivity index (χ0v) is 16.8. The minimum Gasteiger partial charge on any atom is -0.496 e. The zero-order valence-electron chi connectivity index (χ0n) is 15.2. The molecule has 0 saturated carbocycles. The number of amides is 1. The SMILES string of the molecule is COc1ccccc1[C@@H]1CC(c2ccc(Br)cc2)=NN1C(=O)c1ccncc1. The van der Waals surface area contributed by atoms with Crippen LogP contribution in [0.15, 0.2) is 82.6 Å². The Labute approximate surface area is 171 Å². The highest BCUT2D eigenvalue weighted by molar-refractivity contribution is 9.10. The van der Waals surface area contributed by atoms with Crippen LogP contribution in [0.25, 0.3) is 0 Å². The molecule has 6 heteroatoms. The molecule has 1 aliphatic heterocycles. The Kier molecular flexibility index (Phi) is 5.21. The second-order valence-corrected chi connectivity index (χ2v) is 7.32. The fraction of sp³-hybridized carbons (Fsp3) is 0.136. The molecule has 1 aliphatic rings. The summed E-state index contributed by atoms with van der Waals surface area (Å²) in [7, 11) is 1.64. The molecule has 0 aliphatic carbocycles. The van der Waals surface area contributed by atoms with E-state index in [1.165, 1.54) is 0 Å². The smallest absolute Gasteiger partial charge is 0.274 e. The molecule has 0 saturated heterocycles. The molecule has 0 spiro atoms. The van der Waals surface area contributed by atoms with Gasteiger partial charge in [0.1, 0.15) is 5.75 Å². The van der Waals surface area contributed by atoms with E-state index >= 15 is 0 Å². The number of carbonyl (C=O) groups excluding carboxylic acids is 1. The second-order valence-electron chi connectivity index (χ2n) is 6.40. The van der Waals surface area contributed by atoms with Crippen LogP contribution < -0.4 is 4.74 Å². The van der Waals surface area contributed by atoms with Crippen molar-refractivity contribution in [2.24, 2.45) is 5.10 Å². The first-order valence-electron chi connectivity index (χ1n) is 8.87. The number of aromatic nitrogens is 1. The first-order chi connectivity index (χ1) is 13.7. The predicted molar refractivity (Wildman–Crippen MR) is 111 cm³/mol. The van der Waals surface area contributed by atoms with Gasteiger partial charge < -0.3 is 4.74 Å². The molecule has 2 heterocycles. The van der Waals surface area contributed by atoms with Crippen molar-refractivity contribution in [3.63, 3.8) is 0 Å². The highest BCUT2D eigenvalue weighted by Gasteiger charge is 2.35. The van der Waals surface area contributed by atoms with Gasteiger partial charge >= 0.3 is 0 Å². The number of para-hydroxylation sites is 1.